The van der Waals surface area contributed by atoms with Gasteiger partial charge in [0.15, 0.2) is 0 Å². The third-order valence-corrected chi connectivity index (χ3v) is 3.97. The molecule has 0 unspecified atom stereocenters. The fraction of sp³-hybridized carbons (Fsp3) is 0.636. The van der Waals surface area contributed by atoms with Gasteiger partial charge in [0.1, 0.15) is 0 Å². The molecule has 0 saturated heterocycles. The summed E-state index contributed by atoms with van der Waals surface area (Å²) in [6.45, 7) is 3.34. The summed E-state index contributed by atoms with van der Waals surface area (Å²) in [4.78, 5) is 0. The first-order valence-electron chi connectivity index (χ1n) is 5.11. The molecule has 1 aromatic rings. The molecule has 0 atom stereocenters. The van der Waals surface area contributed by atoms with Crippen LogP contribution in [0.4, 0.5) is 0 Å². The van der Waals surface area contributed by atoms with E-state index in [1.54, 1.807) is 11.3 Å². The minimum Gasteiger partial charge on any atom is -0.307 e. The molecule has 1 N–H and O–H groups in total. The van der Waals surface area contributed by atoms with Crippen LogP contribution in [0.15, 0.2) is 16.8 Å². The Kier molecular flexibility index (Phi) is 2.70. The summed E-state index contributed by atoms with van der Waals surface area (Å²) in [5.74, 6) is 0. The summed E-state index contributed by atoms with van der Waals surface area (Å²) in [7, 11) is 0. The van der Waals surface area contributed by atoms with Crippen molar-refractivity contribution in [2.24, 2.45) is 0 Å². The lowest BCUT2D eigenvalue weighted by molar-refractivity contribution is 0.175. The van der Waals surface area contributed by atoms with Crippen LogP contribution < -0.4 is 5.32 Å². The molecule has 1 aromatic heterocycles. The number of thiophene rings is 1. The minimum absolute atomic E-state index is 0.488. The molecule has 0 aliphatic heterocycles. The van der Waals surface area contributed by atoms with Crippen molar-refractivity contribution in [3.63, 3.8) is 0 Å². The molecular formula is C11H17NS. The Morgan fingerprint density at radius 2 is 2.38 bits per heavy atom. The smallest absolute Gasteiger partial charge is 0.0218 e. The Hall–Kier alpha value is -0.340. The quantitative estimate of drug-likeness (QED) is 0.778. The van der Waals surface area contributed by atoms with Gasteiger partial charge in [-0.15, -0.1) is 0 Å². The lowest BCUT2D eigenvalue weighted by Crippen LogP contribution is -2.49. The van der Waals surface area contributed by atoms with Crippen LogP contribution in [-0.4, -0.2) is 5.54 Å². The fourth-order valence-electron chi connectivity index (χ4n) is 1.94. The number of nitrogens with one attached hydrogen (secondary N) is 1. The summed E-state index contributed by atoms with van der Waals surface area (Å²) in [6.07, 6.45) is 5.42. The Morgan fingerprint density at radius 3 is 2.85 bits per heavy atom. The van der Waals surface area contributed by atoms with E-state index in [0.717, 1.165) is 6.54 Å². The molecule has 1 aliphatic rings. The molecule has 0 bridgehead atoms. The molecule has 13 heavy (non-hydrogen) atoms. The van der Waals surface area contributed by atoms with E-state index in [-0.39, 0.29) is 0 Å². The third-order valence-electron chi connectivity index (χ3n) is 3.24. The van der Waals surface area contributed by atoms with Crippen LogP contribution in [0, 0.1) is 0 Å². The number of hydrogen-bond acceptors (Lipinski definition) is 2. The SMILES string of the molecule is CCC1(NCc2ccsc2)CCC1. The molecule has 1 fully saturated rings. The zero-order chi connectivity index (χ0) is 9.15. The van der Waals surface area contributed by atoms with Gasteiger partial charge in [-0.1, -0.05) is 6.92 Å². The monoisotopic (exact) mass is 195 g/mol. The predicted molar refractivity (Wildman–Crippen MR) is 58.0 cm³/mol. The predicted octanol–water partition coefficient (Wildman–Crippen LogP) is 3.17. The Labute approximate surface area is 84.2 Å². The van der Waals surface area contributed by atoms with Gasteiger partial charge in [0.25, 0.3) is 0 Å². The first kappa shape index (κ1) is 9.22. The van der Waals surface area contributed by atoms with Crippen LogP contribution in [0.5, 0.6) is 0 Å². The van der Waals surface area contributed by atoms with Crippen molar-refractivity contribution in [1.82, 2.24) is 5.32 Å². The van der Waals surface area contributed by atoms with Gasteiger partial charge < -0.3 is 5.32 Å². The van der Waals surface area contributed by atoms with Gasteiger partial charge in [0.2, 0.25) is 0 Å². The second-order valence-electron chi connectivity index (χ2n) is 3.97. The maximum Gasteiger partial charge on any atom is 0.0218 e. The van der Waals surface area contributed by atoms with Crippen LogP contribution >= 0.6 is 11.3 Å². The molecule has 1 saturated carbocycles. The van der Waals surface area contributed by atoms with E-state index >= 15 is 0 Å². The van der Waals surface area contributed by atoms with Crippen LogP contribution in [-0.2, 0) is 6.54 Å². The van der Waals surface area contributed by atoms with Crippen molar-refractivity contribution in [3.8, 4) is 0 Å². The summed E-state index contributed by atoms with van der Waals surface area (Å²) in [5.41, 5.74) is 1.92. The van der Waals surface area contributed by atoms with Gasteiger partial charge in [0.05, 0.1) is 0 Å². The van der Waals surface area contributed by atoms with E-state index < -0.39 is 0 Å². The molecule has 0 amide bonds. The van der Waals surface area contributed by atoms with E-state index in [1.807, 2.05) is 0 Å². The highest BCUT2D eigenvalue weighted by Crippen LogP contribution is 2.34. The Morgan fingerprint density at radius 1 is 1.54 bits per heavy atom. The summed E-state index contributed by atoms with van der Waals surface area (Å²) in [5, 5.41) is 8.07. The summed E-state index contributed by atoms with van der Waals surface area (Å²) in [6, 6.07) is 2.21. The van der Waals surface area contributed by atoms with Crippen molar-refractivity contribution in [1.29, 1.82) is 0 Å². The first-order chi connectivity index (χ1) is 6.35. The summed E-state index contributed by atoms with van der Waals surface area (Å²) < 4.78 is 0. The van der Waals surface area contributed by atoms with Gasteiger partial charge in [-0.05, 0) is 48.1 Å². The molecule has 0 aromatic carbocycles. The second kappa shape index (κ2) is 3.81. The highest BCUT2D eigenvalue weighted by atomic mass is 32.1. The molecular weight excluding hydrogens is 178 g/mol. The highest BCUT2D eigenvalue weighted by Gasteiger charge is 2.33. The number of hydrogen-bond donors (Lipinski definition) is 1. The van der Waals surface area contributed by atoms with Crippen molar-refractivity contribution >= 4 is 11.3 Å². The van der Waals surface area contributed by atoms with E-state index in [9.17, 15) is 0 Å². The molecule has 1 nitrogen and oxygen atoms in total. The Balaban J connectivity index is 1.84. The van der Waals surface area contributed by atoms with E-state index in [2.05, 4.69) is 29.1 Å². The van der Waals surface area contributed by atoms with E-state index in [1.165, 1.54) is 31.2 Å². The molecule has 2 heteroatoms. The third kappa shape index (κ3) is 1.94. The van der Waals surface area contributed by atoms with Crippen molar-refractivity contribution < 1.29 is 0 Å². The van der Waals surface area contributed by atoms with Crippen LogP contribution in [0.1, 0.15) is 38.2 Å². The number of rotatable bonds is 4. The van der Waals surface area contributed by atoms with Gasteiger partial charge in [-0.2, -0.15) is 11.3 Å². The first-order valence-corrected chi connectivity index (χ1v) is 6.05. The van der Waals surface area contributed by atoms with Crippen LogP contribution in [0.2, 0.25) is 0 Å². The fourth-order valence-corrected chi connectivity index (χ4v) is 2.61. The molecule has 72 valence electrons. The van der Waals surface area contributed by atoms with Gasteiger partial charge in [-0.3, -0.25) is 0 Å². The molecule has 1 heterocycles. The second-order valence-corrected chi connectivity index (χ2v) is 4.75. The normalized spacial score (nSPS) is 19.8. The van der Waals surface area contributed by atoms with Gasteiger partial charge in [0, 0.05) is 12.1 Å². The van der Waals surface area contributed by atoms with E-state index in [4.69, 9.17) is 0 Å². The molecule has 1 aliphatic carbocycles. The van der Waals surface area contributed by atoms with Gasteiger partial charge in [-0.25, -0.2) is 0 Å². The standard InChI is InChI=1S/C11H17NS/c1-2-11(5-3-6-11)12-8-10-4-7-13-9-10/h4,7,9,12H,2-3,5-6,8H2,1H3. The minimum atomic E-state index is 0.488. The lowest BCUT2D eigenvalue weighted by Gasteiger charge is -2.42. The topological polar surface area (TPSA) is 12.0 Å². The average molecular weight is 195 g/mol. The van der Waals surface area contributed by atoms with Crippen molar-refractivity contribution in [2.45, 2.75) is 44.7 Å². The maximum atomic E-state index is 3.69. The summed E-state index contributed by atoms with van der Waals surface area (Å²) >= 11 is 1.78. The lowest BCUT2D eigenvalue weighted by atomic mass is 9.75. The molecule has 0 spiro atoms. The highest BCUT2D eigenvalue weighted by molar-refractivity contribution is 7.07. The van der Waals surface area contributed by atoms with E-state index in [0.29, 0.717) is 5.54 Å². The zero-order valence-electron chi connectivity index (χ0n) is 8.18. The van der Waals surface area contributed by atoms with Crippen LogP contribution in [0.3, 0.4) is 0 Å². The molecule has 0 radical (unpaired) electrons. The van der Waals surface area contributed by atoms with Crippen molar-refractivity contribution in [2.75, 3.05) is 0 Å². The average Bonchev–Trinajstić information content (AvgIpc) is 2.56. The maximum absolute atomic E-state index is 3.69. The molecule has 2 rings (SSSR count). The van der Waals surface area contributed by atoms with Crippen molar-refractivity contribution in [3.05, 3.63) is 22.4 Å². The largest absolute Gasteiger partial charge is 0.307 e. The van der Waals surface area contributed by atoms with Crippen LogP contribution in [0.25, 0.3) is 0 Å². The van der Waals surface area contributed by atoms with Gasteiger partial charge >= 0.3 is 0 Å². The zero-order valence-corrected chi connectivity index (χ0v) is 8.99. The Bertz CT molecular complexity index is 244.